The maximum atomic E-state index is 12.8. The molecule has 0 aliphatic heterocycles. The molecular weight excluding hydrogens is 299 g/mol. The molecule has 1 rings (SSSR count). The van der Waals surface area contributed by atoms with Crippen LogP contribution in [-0.4, -0.2) is 37.0 Å². The van der Waals surface area contributed by atoms with E-state index in [0.717, 1.165) is 19.3 Å². The van der Waals surface area contributed by atoms with Gasteiger partial charge in [0.2, 0.25) is 15.6 Å². The van der Waals surface area contributed by atoms with Crippen molar-refractivity contribution in [1.29, 1.82) is 0 Å². The average Bonchev–Trinajstić information content (AvgIpc) is 2.27. The summed E-state index contributed by atoms with van der Waals surface area (Å²) < 4.78 is 63.2. The lowest BCUT2D eigenvalue weighted by molar-refractivity contribution is -0.201. The summed E-state index contributed by atoms with van der Waals surface area (Å²) in [5, 5.41) is 8.69. The first-order valence-corrected chi connectivity index (χ1v) is 7.95. The fraction of sp³-hybridized carbons (Fsp3) is 0.909. The molecule has 20 heavy (non-hydrogen) atoms. The summed E-state index contributed by atoms with van der Waals surface area (Å²) in [5.41, 5.74) is -3.50. The molecule has 0 aromatic carbocycles. The zero-order chi connectivity index (χ0) is 15.6. The Labute approximate surface area is 115 Å². The summed E-state index contributed by atoms with van der Waals surface area (Å²) >= 11 is 0. The van der Waals surface area contributed by atoms with Crippen molar-refractivity contribution in [3.05, 3.63) is 0 Å². The molecule has 1 fully saturated rings. The van der Waals surface area contributed by atoms with Crippen molar-refractivity contribution in [2.24, 2.45) is 5.92 Å². The fourth-order valence-electron chi connectivity index (χ4n) is 2.24. The zero-order valence-corrected chi connectivity index (χ0v) is 11.9. The Balaban J connectivity index is 2.84. The van der Waals surface area contributed by atoms with Crippen LogP contribution in [0.3, 0.4) is 0 Å². The van der Waals surface area contributed by atoms with E-state index < -0.39 is 33.5 Å². The molecule has 1 aliphatic rings. The number of carboxylic acids is 1. The summed E-state index contributed by atoms with van der Waals surface area (Å²) in [6.45, 7) is 0.313. The van der Waals surface area contributed by atoms with Crippen LogP contribution in [0.1, 0.15) is 39.0 Å². The Hall–Kier alpha value is -0.830. The first kappa shape index (κ1) is 17.2. The van der Waals surface area contributed by atoms with E-state index >= 15 is 0 Å². The smallest absolute Gasteiger partial charge is 0.418 e. The number of hydrogen-bond acceptors (Lipinski definition) is 3. The molecule has 0 amide bonds. The van der Waals surface area contributed by atoms with E-state index in [4.69, 9.17) is 5.11 Å². The van der Waals surface area contributed by atoms with Gasteiger partial charge >= 0.3 is 12.1 Å². The van der Waals surface area contributed by atoms with Crippen molar-refractivity contribution in [2.45, 2.75) is 50.7 Å². The lowest BCUT2D eigenvalue weighted by atomic mass is 9.91. The molecule has 0 heterocycles. The highest BCUT2D eigenvalue weighted by Crippen LogP contribution is 2.32. The van der Waals surface area contributed by atoms with E-state index in [-0.39, 0.29) is 5.92 Å². The van der Waals surface area contributed by atoms with E-state index in [9.17, 15) is 26.4 Å². The van der Waals surface area contributed by atoms with Gasteiger partial charge in [-0.15, -0.1) is 0 Å². The lowest BCUT2D eigenvalue weighted by Gasteiger charge is -2.29. The van der Waals surface area contributed by atoms with Crippen LogP contribution in [0.25, 0.3) is 0 Å². The van der Waals surface area contributed by atoms with Gasteiger partial charge in [-0.1, -0.05) is 19.3 Å². The summed E-state index contributed by atoms with van der Waals surface area (Å²) in [5.74, 6) is -2.95. The monoisotopic (exact) mass is 317 g/mol. The Bertz CT molecular complexity index is 457. The summed E-state index contributed by atoms with van der Waals surface area (Å²) in [6, 6.07) is 0. The minimum atomic E-state index is -5.21. The van der Waals surface area contributed by atoms with Gasteiger partial charge in [0.1, 0.15) is 0 Å². The predicted octanol–water partition coefficient (Wildman–Crippen LogP) is 1.89. The molecule has 5 nitrogen and oxygen atoms in total. The molecule has 1 atom stereocenters. The molecule has 0 aromatic heterocycles. The van der Waals surface area contributed by atoms with E-state index in [2.05, 4.69) is 0 Å². The minimum Gasteiger partial charge on any atom is -0.480 e. The van der Waals surface area contributed by atoms with Crippen LogP contribution in [0.5, 0.6) is 0 Å². The van der Waals surface area contributed by atoms with Crippen LogP contribution in [0.2, 0.25) is 0 Å². The van der Waals surface area contributed by atoms with Crippen LogP contribution in [0.4, 0.5) is 13.2 Å². The molecule has 0 spiro atoms. The highest BCUT2D eigenvalue weighted by atomic mass is 32.2. The second-order valence-corrected chi connectivity index (χ2v) is 7.08. The number of alkyl halides is 3. The van der Waals surface area contributed by atoms with E-state index in [1.807, 2.05) is 0 Å². The van der Waals surface area contributed by atoms with Gasteiger partial charge in [-0.3, -0.25) is 0 Å². The lowest BCUT2D eigenvalue weighted by Crippen LogP contribution is -2.62. The first-order valence-electron chi connectivity index (χ1n) is 6.30. The van der Waals surface area contributed by atoms with Crippen LogP contribution >= 0.6 is 0 Å². The topological polar surface area (TPSA) is 83.5 Å². The Kier molecular flexibility index (Phi) is 5.07. The van der Waals surface area contributed by atoms with Crippen molar-refractivity contribution in [3.8, 4) is 0 Å². The third-order valence-electron chi connectivity index (χ3n) is 3.53. The molecule has 0 saturated heterocycles. The van der Waals surface area contributed by atoms with Gasteiger partial charge in [0.05, 0.1) is 5.75 Å². The number of halogens is 3. The van der Waals surface area contributed by atoms with Crippen molar-refractivity contribution in [2.75, 3.05) is 5.75 Å². The molecule has 118 valence electrons. The maximum Gasteiger partial charge on any atom is 0.418 e. The first-order chi connectivity index (χ1) is 8.98. The number of aliphatic carboxylic acids is 1. The van der Waals surface area contributed by atoms with Crippen molar-refractivity contribution in [3.63, 3.8) is 0 Å². The van der Waals surface area contributed by atoms with Gasteiger partial charge in [0.15, 0.2) is 0 Å². The molecule has 0 aromatic rings. The van der Waals surface area contributed by atoms with E-state index in [1.54, 1.807) is 0 Å². The van der Waals surface area contributed by atoms with Crippen LogP contribution < -0.4 is 4.72 Å². The minimum absolute atomic E-state index is 0.215. The molecule has 1 saturated carbocycles. The number of nitrogens with one attached hydrogen (secondary N) is 1. The van der Waals surface area contributed by atoms with Gasteiger partial charge < -0.3 is 5.11 Å². The second-order valence-electron chi connectivity index (χ2n) is 5.32. The standard InChI is InChI=1S/C11H18F3NO4S/c1-10(9(16)17,11(12,13)14)15-20(18,19)7-8-5-3-2-4-6-8/h8,15H,2-7H2,1H3,(H,16,17). The zero-order valence-electron chi connectivity index (χ0n) is 11.0. The summed E-state index contributed by atoms with van der Waals surface area (Å²) in [4.78, 5) is 10.8. The molecule has 0 radical (unpaired) electrons. The molecule has 2 N–H and O–H groups in total. The fourth-order valence-corrected chi connectivity index (χ4v) is 4.10. The maximum absolute atomic E-state index is 12.8. The summed E-state index contributed by atoms with van der Waals surface area (Å²) in [6.07, 6.45) is -1.27. The number of carbonyl (C=O) groups is 1. The van der Waals surface area contributed by atoms with Crippen molar-refractivity contribution < 1.29 is 31.5 Å². The normalized spacial score (nSPS) is 21.4. The average molecular weight is 317 g/mol. The quantitative estimate of drug-likeness (QED) is 0.811. The van der Waals surface area contributed by atoms with E-state index in [1.165, 1.54) is 4.72 Å². The van der Waals surface area contributed by atoms with E-state index in [0.29, 0.717) is 19.8 Å². The summed E-state index contributed by atoms with van der Waals surface area (Å²) in [7, 11) is -4.32. The molecule has 1 aliphatic carbocycles. The number of carboxylic acid groups (broad SMARTS) is 1. The predicted molar refractivity (Wildman–Crippen MR) is 65.6 cm³/mol. The van der Waals surface area contributed by atoms with Crippen LogP contribution in [0, 0.1) is 5.92 Å². The Morgan fingerprint density at radius 1 is 1.25 bits per heavy atom. The van der Waals surface area contributed by atoms with Gasteiger partial charge in [-0.2, -0.15) is 17.9 Å². The second kappa shape index (κ2) is 5.88. The largest absolute Gasteiger partial charge is 0.480 e. The Morgan fingerprint density at radius 2 is 1.75 bits per heavy atom. The molecule has 1 unspecified atom stereocenters. The highest BCUT2D eigenvalue weighted by molar-refractivity contribution is 7.89. The van der Waals surface area contributed by atoms with Crippen molar-refractivity contribution >= 4 is 16.0 Å². The van der Waals surface area contributed by atoms with Crippen LogP contribution in [0.15, 0.2) is 0 Å². The number of hydrogen-bond donors (Lipinski definition) is 2. The Morgan fingerprint density at radius 3 is 2.15 bits per heavy atom. The molecule has 9 heteroatoms. The van der Waals surface area contributed by atoms with Gasteiger partial charge in [-0.05, 0) is 25.7 Å². The van der Waals surface area contributed by atoms with Crippen molar-refractivity contribution in [1.82, 2.24) is 4.72 Å². The van der Waals surface area contributed by atoms with Crippen LogP contribution in [-0.2, 0) is 14.8 Å². The third kappa shape index (κ3) is 4.08. The van der Waals surface area contributed by atoms with Gasteiger partial charge in [0, 0.05) is 0 Å². The number of rotatable bonds is 5. The number of sulfonamides is 1. The molecule has 0 bridgehead atoms. The van der Waals surface area contributed by atoms with Gasteiger partial charge in [0.25, 0.3) is 0 Å². The third-order valence-corrected chi connectivity index (χ3v) is 5.16. The highest BCUT2D eigenvalue weighted by Gasteiger charge is 2.59. The molecular formula is C11H18F3NO4S. The SMILES string of the molecule is CC(NS(=O)(=O)CC1CCCCC1)(C(=O)O)C(F)(F)F. The van der Waals surface area contributed by atoms with Gasteiger partial charge in [-0.25, -0.2) is 13.2 Å².